The second-order valence-corrected chi connectivity index (χ2v) is 9.60. The molecule has 5 rings (SSSR count). The van der Waals surface area contributed by atoms with Crippen LogP contribution in [-0.4, -0.2) is 76.9 Å². The molecular weight excluding hydrogens is 452 g/mol. The molecule has 190 valence electrons. The third-order valence-corrected chi connectivity index (χ3v) is 7.65. The van der Waals surface area contributed by atoms with E-state index >= 15 is 0 Å². The molecule has 0 saturated carbocycles. The smallest absolute Gasteiger partial charge is 0.246 e. The molecular formula is C29H36N4O3. The normalized spacial score (nSPS) is 19.7. The maximum atomic E-state index is 13.9. The summed E-state index contributed by atoms with van der Waals surface area (Å²) in [6.45, 7) is 10.4. The van der Waals surface area contributed by atoms with Gasteiger partial charge in [0, 0.05) is 35.1 Å². The molecule has 1 fully saturated rings. The van der Waals surface area contributed by atoms with Crippen molar-refractivity contribution in [3.05, 3.63) is 65.4 Å². The van der Waals surface area contributed by atoms with Gasteiger partial charge in [0.1, 0.15) is 17.8 Å². The van der Waals surface area contributed by atoms with E-state index in [0.717, 1.165) is 59.5 Å². The zero-order valence-corrected chi connectivity index (χ0v) is 21.5. The van der Waals surface area contributed by atoms with Crippen LogP contribution in [0.2, 0.25) is 0 Å². The molecule has 0 radical (unpaired) electrons. The van der Waals surface area contributed by atoms with E-state index in [1.807, 2.05) is 48.2 Å². The van der Waals surface area contributed by atoms with Crippen molar-refractivity contribution in [1.82, 2.24) is 19.7 Å². The summed E-state index contributed by atoms with van der Waals surface area (Å²) in [5.74, 6) is 0.782. The molecule has 2 aliphatic heterocycles. The minimum atomic E-state index is -0.522. The molecule has 0 spiro atoms. The van der Waals surface area contributed by atoms with E-state index < -0.39 is 12.1 Å². The fourth-order valence-corrected chi connectivity index (χ4v) is 5.86. The average molecular weight is 489 g/mol. The Labute approximate surface area is 213 Å². The molecule has 3 aromatic rings. The first-order chi connectivity index (χ1) is 17.6. The third kappa shape index (κ3) is 4.26. The van der Waals surface area contributed by atoms with Crippen LogP contribution in [0.15, 0.2) is 48.5 Å². The minimum absolute atomic E-state index is 0.0111. The zero-order valence-electron chi connectivity index (χ0n) is 21.5. The van der Waals surface area contributed by atoms with Crippen LogP contribution in [-0.2, 0) is 16.0 Å². The summed E-state index contributed by atoms with van der Waals surface area (Å²) in [7, 11) is 0. The Morgan fingerprint density at radius 3 is 2.56 bits per heavy atom. The van der Waals surface area contributed by atoms with Gasteiger partial charge >= 0.3 is 0 Å². The lowest BCUT2D eigenvalue weighted by molar-refractivity contribution is -0.158. The van der Waals surface area contributed by atoms with E-state index in [1.54, 1.807) is 4.90 Å². The van der Waals surface area contributed by atoms with Crippen molar-refractivity contribution in [2.45, 2.75) is 45.7 Å². The lowest BCUT2D eigenvalue weighted by Gasteiger charge is -2.47. The number of H-pyrrole nitrogens is 1. The summed E-state index contributed by atoms with van der Waals surface area (Å²) in [6.07, 6.45) is 1.38. The number of aromatic nitrogens is 1. The second kappa shape index (κ2) is 10.3. The number of para-hydroxylation sites is 2. The largest absolute Gasteiger partial charge is 0.494 e. The highest BCUT2D eigenvalue weighted by Crippen LogP contribution is 2.44. The van der Waals surface area contributed by atoms with E-state index in [0.29, 0.717) is 19.6 Å². The van der Waals surface area contributed by atoms with Crippen LogP contribution in [0, 0.1) is 0 Å². The van der Waals surface area contributed by atoms with Crippen LogP contribution in [0.1, 0.15) is 50.1 Å². The van der Waals surface area contributed by atoms with Gasteiger partial charge in [-0.05, 0) is 50.7 Å². The van der Waals surface area contributed by atoms with Crippen molar-refractivity contribution >= 4 is 22.7 Å². The highest BCUT2D eigenvalue weighted by molar-refractivity contribution is 5.97. The number of piperazine rings is 1. The summed E-state index contributed by atoms with van der Waals surface area (Å²) in [5.41, 5.74) is 4.04. The van der Waals surface area contributed by atoms with Crippen molar-refractivity contribution in [2.24, 2.45) is 0 Å². The number of amides is 2. The fraction of sp³-hybridized carbons (Fsp3) is 0.448. The van der Waals surface area contributed by atoms with E-state index in [1.165, 1.54) is 0 Å². The summed E-state index contributed by atoms with van der Waals surface area (Å²) < 4.78 is 5.99. The number of rotatable bonds is 9. The van der Waals surface area contributed by atoms with E-state index in [4.69, 9.17) is 4.74 Å². The Morgan fingerprint density at radius 2 is 1.78 bits per heavy atom. The number of hydrogen-bond donors (Lipinski definition) is 1. The van der Waals surface area contributed by atoms with Crippen LogP contribution in [0.25, 0.3) is 10.9 Å². The van der Waals surface area contributed by atoms with Gasteiger partial charge in [-0.2, -0.15) is 0 Å². The van der Waals surface area contributed by atoms with E-state index in [2.05, 4.69) is 35.9 Å². The topological polar surface area (TPSA) is 68.9 Å². The van der Waals surface area contributed by atoms with Gasteiger partial charge in [-0.15, -0.1) is 0 Å². The number of fused-ring (bicyclic) bond motifs is 4. The number of carbonyl (C=O) groups is 2. The molecule has 1 aromatic heterocycles. The molecule has 3 heterocycles. The molecule has 0 aliphatic carbocycles. The molecule has 7 heteroatoms. The lowest BCUT2D eigenvalue weighted by atomic mass is 9.86. The first-order valence-corrected chi connectivity index (χ1v) is 13.2. The molecule has 1 N–H and O–H groups in total. The number of nitrogens with zero attached hydrogens (tertiary/aromatic N) is 3. The summed E-state index contributed by atoms with van der Waals surface area (Å²) in [5, 5.41) is 1.12. The first kappa shape index (κ1) is 24.4. The van der Waals surface area contributed by atoms with Gasteiger partial charge in [-0.1, -0.05) is 50.2 Å². The number of carbonyl (C=O) groups excluding carboxylic acids is 2. The number of benzene rings is 2. The van der Waals surface area contributed by atoms with E-state index in [-0.39, 0.29) is 18.4 Å². The monoisotopic (exact) mass is 488 g/mol. The summed E-state index contributed by atoms with van der Waals surface area (Å²) in [4.78, 5) is 37.1. The maximum Gasteiger partial charge on any atom is 0.246 e. The SMILES string of the molecule is CCOc1ccccc1[C@@H]1c2[nH]c3ccccc3c2C[C@H]2C(=O)N(CCCN(CC)CC)CC(=O)N12. The van der Waals surface area contributed by atoms with Crippen molar-refractivity contribution in [2.75, 3.05) is 39.3 Å². The van der Waals surface area contributed by atoms with E-state index in [9.17, 15) is 9.59 Å². The predicted octanol–water partition coefficient (Wildman–Crippen LogP) is 3.98. The Morgan fingerprint density at radius 1 is 1.03 bits per heavy atom. The molecule has 36 heavy (non-hydrogen) atoms. The molecule has 0 bridgehead atoms. The summed E-state index contributed by atoms with van der Waals surface area (Å²) >= 11 is 0. The second-order valence-electron chi connectivity index (χ2n) is 9.60. The van der Waals surface area contributed by atoms with Crippen LogP contribution in [0.4, 0.5) is 0 Å². The highest BCUT2D eigenvalue weighted by atomic mass is 16.5. The molecule has 7 nitrogen and oxygen atoms in total. The van der Waals surface area contributed by atoms with Gasteiger partial charge in [-0.25, -0.2) is 0 Å². The van der Waals surface area contributed by atoms with Crippen LogP contribution in [0.3, 0.4) is 0 Å². The number of ether oxygens (including phenoxy) is 1. The highest BCUT2D eigenvalue weighted by Gasteiger charge is 2.48. The van der Waals surface area contributed by atoms with Crippen molar-refractivity contribution in [3.63, 3.8) is 0 Å². The number of aromatic amines is 1. The summed E-state index contributed by atoms with van der Waals surface area (Å²) in [6, 6.07) is 15.1. The third-order valence-electron chi connectivity index (χ3n) is 7.65. The van der Waals surface area contributed by atoms with Crippen LogP contribution in [0.5, 0.6) is 5.75 Å². The fourth-order valence-electron chi connectivity index (χ4n) is 5.86. The average Bonchev–Trinajstić information content (AvgIpc) is 3.27. The van der Waals surface area contributed by atoms with Crippen molar-refractivity contribution in [3.8, 4) is 5.75 Å². The maximum absolute atomic E-state index is 13.9. The van der Waals surface area contributed by atoms with Gasteiger partial charge in [-0.3, -0.25) is 9.59 Å². The van der Waals surface area contributed by atoms with Gasteiger partial charge in [0.2, 0.25) is 11.8 Å². The standard InChI is InChI=1S/C29H36N4O3/c1-4-31(5-2)16-11-17-32-19-26(34)33-24(29(32)35)18-22-20-12-7-9-14-23(20)30-27(22)28(33)21-13-8-10-15-25(21)36-6-3/h7-10,12-15,24,28,30H,4-6,11,16-19H2,1-3H3/t24-,28+/m0/s1. The van der Waals surface area contributed by atoms with Gasteiger partial charge < -0.3 is 24.4 Å². The lowest BCUT2D eigenvalue weighted by Crippen LogP contribution is -2.63. The van der Waals surface area contributed by atoms with Crippen molar-refractivity contribution < 1.29 is 14.3 Å². The zero-order chi connectivity index (χ0) is 25.2. The molecule has 2 atom stereocenters. The quantitative estimate of drug-likeness (QED) is 0.495. The van der Waals surface area contributed by atoms with Gasteiger partial charge in [0.15, 0.2) is 0 Å². The van der Waals surface area contributed by atoms with Crippen LogP contribution < -0.4 is 4.74 Å². The minimum Gasteiger partial charge on any atom is -0.494 e. The Balaban J connectivity index is 1.54. The number of hydrogen-bond acceptors (Lipinski definition) is 4. The van der Waals surface area contributed by atoms with Crippen molar-refractivity contribution in [1.29, 1.82) is 0 Å². The Bertz CT molecular complexity index is 1250. The Kier molecular flexibility index (Phi) is 7.01. The van der Waals surface area contributed by atoms with Crippen LogP contribution >= 0.6 is 0 Å². The first-order valence-electron chi connectivity index (χ1n) is 13.2. The molecule has 2 aliphatic rings. The number of nitrogens with one attached hydrogen (secondary N) is 1. The molecule has 0 unspecified atom stereocenters. The molecule has 1 saturated heterocycles. The van der Waals surface area contributed by atoms with Gasteiger partial charge in [0.05, 0.1) is 13.2 Å². The molecule has 2 aromatic carbocycles. The Hall–Kier alpha value is -3.32. The van der Waals surface area contributed by atoms with Gasteiger partial charge in [0.25, 0.3) is 0 Å². The predicted molar refractivity (Wildman–Crippen MR) is 141 cm³/mol. The molecule has 2 amide bonds.